The third kappa shape index (κ3) is 5.16. The van der Waals surface area contributed by atoms with Gasteiger partial charge in [-0.25, -0.2) is 4.79 Å². The lowest BCUT2D eigenvalue weighted by atomic mass is 9.46. The average molecular weight is 637 g/mol. The molecule has 11 heteroatoms. The number of allylic oxidation sites excluding steroid dienone is 1. The largest absolute Gasteiger partial charge is 0.456 e. The number of esters is 1. The zero-order chi connectivity index (χ0) is 32.6. The minimum atomic E-state index is -1.52. The molecule has 0 aromatic carbocycles. The van der Waals surface area contributed by atoms with Crippen LogP contribution >= 0.6 is 0 Å². The lowest BCUT2D eigenvalue weighted by Crippen LogP contribution is -2.61. The Labute approximate surface area is 264 Å². The van der Waals surface area contributed by atoms with Gasteiger partial charge in [0.1, 0.15) is 36.1 Å². The zero-order valence-electron chi connectivity index (χ0n) is 26.8. The first-order chi connectivity index (χ1) is 21.2. The molecule has 0 spiro atoms. The maximum atomic E-state index is 12.6. The second kappa shape index (κ2) is 11.9. The number of cyclic esters (lactones) is 1. The van der Waals surface area contributed by atoms with E-state index in [4.69, 9.17) is 14.2 Å². The molecule has 254 valence electrons. The van der Waals surface area contributed by atoms with Crippen molar-refractivity contribution in [3.05, 3.63) is 22.8 Å². The van der Waals surface area contributed by atoms with Gasteiger partial charge in [0.2, 0.25) is 0 Å². The molecule has 4 aliphatic carbocycles. The molecule has 45 heavy (non-hydrogen) atoms. The van der Waals surface area contributed by atoms with E-state index in [2.05, 4.69) is 19.9 Å². The second-order valence-electron chi connectivity index (χ2n) is 15.4. The maximum absolute atomic E-state index is 12.6. The van der Waals surface area contributed by atoms with Gasteiger partial charge in [0.05, 0.1) is 25.4 Å². The van der Waals surface area contributed by atoms with Crippen molar-refractivity contribution in [2.75, 3.05) is 13.2 Å². The second-order valence-corrected chi connectivity index (χ2v) is 15.4. The quantitative estimate of drug-likeness (QED) is 0.164. The molecule has 6 aliphatic rings. The molecule has 1 saturated heterocycles. The van der Waals surface area contributed by atoms with Crippen LogP contribution in [0, 0.1) is 34.5 Å². The summed E-state index contributed by atoms with van der Waals surface area (Å²) in [6.07, 6.45) is -0.883. The molecule has 7 N–H and O–H groups in total. The summed E-state index contributed by atoms with van der Waals surface area (Å²) in [5, 5.41) is 74.1. The van der Waals surface area contributed by atoms with E-state index in [1.54, 1.807) is 13.8 Å². The number of hydrogen-bond donors (Lipinski definition) is 7. The average Bonchev–Trinajstić information content (AvgIpc) is 3.37. The first-order valence-corrected chi connectivity index (χ1v) is 16.7. The van der Waals surface area contributed by atoms with E-state index in [-0.39, 0.29) is 23.9 Å². The molecule has 1 unspecified atom stereocenters. The van der Waals surface area contributed by atoms with Crippen molar-refractivity contribution in [3.8, 4) is 0 Å². The number of fused-ring (bicyclic) bond motifs is 5. The number of ether oxygens (including phenoxy) is 3. The summed E-state index contributed by atoms with van der Waals surface area (Å²) >= 11 is 0. The van der Waals surface area contributed by atoms with E-state index in [0.717, 1.165) is 37.7 Å². The lowest BCUT2D eigenvalue weighted by molar-refractivity contribution is -0.315. The number of carbonyl (C=O) groups is 1. The molecule has 0 aromatic heterocycles. The summed E-state index contributed by atoms with van der Waals surface area (Å²) in [5.41, 5.74) is 0.268. The summed E-state index contributed by atoms with van der Waals surface area (Å²) in [6.45, 7) is 7.12. The van der Waals surface area contributed by atoms with Gasteiger partial charge in [-0.15, -0.1) is 0 Å². The van der Waals surface area contributed by atoms with Crippen LogP contribution in [-0.2, 0) is 19.0 Å². The molecule has 0 radical (unpaired) electrons. The molecule has 11 nitrogen and oxygen atoms in total. The summed E-state index contributed by atoms with van der Waals surface area (Å²) in [4.78, 5) is 12.6. The monoisotopic (exact) mass is 636 g/mol. The fraction of sp³-hybridized carbons (Fsp3) is 0.853. The molecule has 4 fully saturated rings. The number of aliphatic hydroxyl groups excluding tert-OH is 6. The Kier molecular flexibility index (Phi) is 8.88. The van der Waals surface area contributed by atoms with Gasteiger partial charge in [0, 0.05) is 23.8 Å². The minimum absolute atomic E-state index is 0.0853. The maximum Gasteiger partial charge on any atom is 0.334 e. The number of carbonyl (C=O) groups excluding carboxylic acids is 1. The molecule has 2 heterocycles. The van der Waals surface area contributed by atoms with E-state index in [9.17, 15) is 40.5 Å². The third-order valence-corrected chi connectivity index (χ3v) is 13.4. The Hall–Kier alpha value is -1.41. The smallest absolute Gasteiger partial charge is 0.334 e. The molecular weight excluding hydrogens is 584 g/mol. The van der Waals surface area contributed by atoms with Gasteiger partial charge in [-0.3, -0.25) is 0 Å². The van der Waals surface area contributed by atoms with Gasteiger partial charge in [0.25, 0.3) is 0 Å². The zero-order valence-corrected chi connectivity index (χ0v) is 26.8. The molecule has 0 amide bonds. The summed E-state index contributed by atoms with van der Waals surface area (Å²) in [5.74, 6) is 0.322. The molecule has 3 saturated carbocycles. The standard InChI is InChI=1S/C34H52O11/c1-16-17(14-35)11-26(45-30(16)41)34(4,42)24-8-7-21-20-6-5-18-12-19(43-31-29(40)28(39)27(38)23(15-36)44-31)13-25(37)33(18,3)22(20)9-10-32(21,24)2/h5,19-29,31,35-40,42H,6-15H2,1-4H3/t19-,20+,21+,22+,23-,24+,25+,26?,27-,28+,29-,31-,32+,33+,34-/m1/s1. The Bertz CT molecular complexity index is 1210. The van der Waals surface area contributed by atoms with Crippen molar-refractivity contribution in [3.63, 3.8) is 0 Å². The molecule has 15 atom stereocenters. The highest BCUT2D eigenvalue weighted by molar-refractivity contribution is 5.89. The van der Waals surface area contributed by atoms with Crippen LogP contribution in [0.15, 0.2) is 22.8 Å². The van der Waals surface area contributed by atoms with Gasteiger partial charge in [-0.2, -0.15) is 0 Å². The van der Waals surface area contributed by atoms with Gasteiger partial charge in [-0.1, -0.05) is 25.5 Å². The van der Waals surface area contributed by atoms with Crippen LogP contribution < -0.4 is 0 Å². The van der Waals surface area contributed by atoms with Crippen molar-refractivity contribution in [1.29, 1.82) is 0 Å². The van der Waals surface area contributed by atoms with Crippen LogP contribution in [0.5, 0.6) is 0 Å². The van der Waals surface area contributed by atoms with E-state index in [1.165, 1.54) is 0 Å². The predicted molar refractivity (Wildman–Crippen MR) is 160 cm³/mol. The molecular formula is C34H52O11. The Balaban J connectivity index is 1.19. The van der Waals surface area contributed by atoms with Gasteiger partial charge >= 0.3 is 5.97 Å². The highest BCUT2D eigenvalue weighted by Crippen LogP contribution is 2.68. The summed E-state index contributed by atoms with van der Waals surface area (Å²) < 4.78 is 17.4. The fourth-order valence-electron chi connectivity index (χ4n) is 10.6. The first-order valence-electron chi connectivity index (χ1n) is 16.7. The molecule has 0 aromatic rings. The van der Waals surface area contributed by atoms with Crippen molar-refractivity contribution in [2.24, 2.45) is 34.5 Å². The van der Waals surface area contributed by atoms with Gasteiger partial charge < -0.3 is 50.0 Å². The van der Waals surface area contributed by atoms with Crippen molar-refractivity contribution >= 4 is 5.97 Å². The Morgan fingerprint density at radius 1 is 1.02 bits per heavy atom. The number of rotatable bonds is 6. The van der Waals surface area contributed by atoms with E-state index >= 15 is 0 Å². The highest BCUT2D eigenvalue weighted by atomic mass is 16.7. The minimum Gasteiger partial charge on any atom is -0.456 e. The van der Waals surface area contributed by atoms with Crippen LogP contribution in [0.4, 0.5) is 0 Å². The molecule has 6 rings (SSSR count). The lowest BCUT2D eigenvalue weighted by Gasteiger charge is -2.60. The summed E-state index contributed by atoms with van der Waals surface area (Å²) in [7, 11) is 0. The van der Waals surface area contributed by atoms with Gasteiger partial charge in [0.15, 0.2) is 6.29 Å². The van der Waals surface area contributed by atoms with Crippen molar-refractivity contribution in [1.82, 2.24) is 0 Å². The van der Waals surface area contributed by atoms with E-state index in [0.29, 0.717) is 42.2 Å². The summed E-state index contributed by atoms with van der Waals surface area (Å²) in [6, 6.07) is 0. The van der Waals surface area contributed by atoms with Crippen molar-refractivity contribution in [2.45, 2.75) is 134 Å². The first kappa shape index (κ1) is 33.5. The fourth-order valence-corrected chi connectivity index (χ4v) is 10.6. The SMILES string of the molecule is CC1=C(CO)CC([C@](C)(O)[C@H]2CC[C@H]3[C@@H]4CC=C5C[C@@H](O[C@@H]6O[C@H](CO)[C@@H](O)[C@H](O)[C@H]6O)C[C@H](O)[C@]5(C)[C@H]4CC[C@@]32C)OC1=O. The van der Waals surface area contributed by atoms with Crippen LogP contribution in [0.25, 0.3) is 0 Å². The Morgan fingerprint density at radius 2 is 1.76 bits per heavy atom. The predicted octanol–water partition coefficient (Wildman–Crippen LogP) is 1.10. The van der Waals surface area contributed by atoms with Crippen LogP contribution in [0.1, 0.15) is 79.1 Å². The van der Waals surface area contributed by atoms with E-state index < -0.39 is 72.6 Å². The van der Waals surface area contributed by atoms with Gasteiger partial charge in [-0.05, 0) is 87.0 Å². The molecule has 2 aliphatic heterocycles. The van der Waals surface area contributed by atoms with Crippen LogP contribution in [0.3, 0.4) is 0 Å². The van der Waals surface area contributed by atoms with Crippen molar-refractivity contribution < 1.29 is 54.8 Å². The van der Waals surface area contributed by atoms with Crippen LogP contribution in [0.2, 0.25) is 0 Å². The third-order valence-electron chi connectivity index (χ3n) is 13.4. The number of aliphatic hydroxyl groups is 7. The van der Waals surface area contributed by atoms with Crippen LogP contribution in [-0.4, -0.2) is 110 Å². The number of hydrogen-bond acceptors (Lipinski definition) is 11. The Morgan fingerprint density at radius 3 is 2.44 bits per heavy atom. The molecule has 0 bridgehead atoms. The highest BCUT2D eigenvalue weighted by Gasteiger charge is 2.64. The van der Waals surface area contributed by atoms with E-state index in [1.807, 2.05) is 0 Å². The topological polar surface area (TPSA) is 186 Å². The normalized spacial score (nSPS) is 49.8.